The molecule has 0 aliphatic heterocycles. The second-order valence-corrected chi connectivity index (χ2v) is 9.38. The molecule has 1 rings (SSSR count). The molecule has 4 atom stereocenters. The summed E-state index contributed by atoms with van der Waals surface area (Å²) in [4.78, 5) is 61.4. The van der Waals surface area contributed by atoms with Crippen molar-refractivity contribution in [3.8, 4) is 5.75 Å². The van der Waals surface area contributed by atoms with Gasteiger partial charge in [-0.3, -0.25) is 19.2 Å². The van der Waals surface area contributed by atoms with Crippen LogP contribution in [0.1, 0.15) is 51.5 Å². The fourth-order valence-corrected chi connectivity index (χ4v) is 3.60. The van der Waals surface area contributed by atoms with Gasteiger partial charge in [-0.1, -0.05) is 26.0 Å². The first-order valence-electron chi connectivity index (χ1n) is 12.4. The Morgan fingerprint density at radius 2 is 1.39 bits per heavy atom. The lowest BCUT2D eigenvalue weighted by molar-refractivity contribution is -0.144. The number of phenolic OH excluding ortho intramolecular Hbond substituents is 1. The highest BCUT2D eigenvalue weighted by atomic mass is 16.4. The van der Waals surface area contributed by atoms with E-state index in [2.05, 4.69) is 16.0 Å². The highest BCUT2D eigenvalue weighted by Gasteiger charge is 2.31. The van der Waals surface area contributed by atoms with Gasteiger partial charge in [-0.2, -0.15) is 0 Å². The van der Waals surface area contributed by atoms with Gasteiger partial charge in [0.15, 0.2) is 0 Å². The minimum absolute atomic E-state index is 0.0629. The lowest BCUT2D eigenvalue weighted by atomic mass is 10.0. The van der Waals surface area contributed by atoms with Crippen LogP contribution >= 0.6 is 0 Å². The summed E-state index contributed by atoms with van der Waals surface area (Å²) in [7, 11) is 0. The lowest BCUT2D eigenvalue weighted by Gasteiger charge is -2.26. The van der Waals surface area contributed by atoms with Crippen LogP contribution in [0.3, 0.4) is 0 Å². The molecular formula is C25H39N5O8. The number of hydrogen-bond acceptors (Lipinski definition) is 8. The summed E-state index contributed by atoms with van der Waals surface area (Å²) in [5.41, 5.74) is 12.3. The van der Waals surface area contributed by atoms with Crippen molar-refractivity contribution >= 4 is 29.7 Å². The zero-order valence-electron chi connectivity index (χ0n) is 21.7. The molecule has 0 saturated heterocycles. The number of carboxylic acid groups (broad SMARTS) is 2. The van der Waals surface area contributed by atoms with E-state index in [-0.39, 0.29) is 25.0 Å². The minimum Gasteiger partial charge on any atom is -0.508 e. The predicted molar refractivity (Wildman–Crippen MR) is 138 cm³/mol. The zero-order valence-corrected chi connectivity index (χ0v) is 21.7. The third-order valence-electron chi connectivity index (χ3n) is 5.82. The number of aliphatic carboxylic acids is 2. The van der Waals surface area contributed by atoms with Gasteiger partial charge in [0.1, 0.15) is 23.9 Å². The molecule has 38 heavy (non-hydrogen) atoms. The molecule has 0 aromatic heterocycles. The first-order valence-corrected chi connectivity index (χ1v) is 12.4. The molecule has 0 aliphatic rings. The number of rotatable bonds is 17. The SMILES string of the molecule is CC(C)C(NC(=O)C(CCC(=O)O)NC(=O)C(CCCCN)NC(=O)C(N)Cc1ccc(O)cc1)C(=O)O. The number of aromatic hydroxyl groups is 1. The molecule has 1 aromatic rings. The topological polar surface area (TPSA) is 234 Å². The molecular weight excluding hydrogens is 498 g/mol. The quantitative estimate of drug-likeness (QED) is 0.118. The second kappa shape index (κ2) is 16.2. The molecule has 1 aromatic carbocycles. The van der Waals surface area contributed by atoms with Crippen molar-refractivity contribution < 1.29 is 39.3 Å². The minimum atomic E-state index is -1.35. The van der Waals surface area contributed by atoms with Crippen molar-refractivity contribution in [2.45, 2.75) is 76.5 Å². The molecule has 10 N–H and O–H groups in total. The molecule has 13 nitrogen and oxygen atoms in total. The number of carbonyl (C=O) groups is 5. The van der Waals surface area contributed by atoms with E-state index in [1.165, 1.54) is 12.1 Å². The highest BCUT2D eigenvalue weighted by Crippen LogP contribution is 2.12. The maximum atomic E-state index is 13.1. The van der Waals surface area contributed by atoms with Gasteiger partial charge in [-0.25, -0.2) is 4.79 Å². The van der Waals surface area contributed by atoms with Gasteiger partial charge in [0.2, 0.25) is 17.7 Å². The molecule has 0 heterocycles. The number of hydrogen-bond donors (Lipinski definition) is 8. The number of phenols is 1. The van der Waals surface area contributed by atoms with E-state index in [0.717, 1.165) is 0 Å². The Balaban J connectivity index is 3.00. The summed E-state index contributed by atoms with van der Waals surface area (Å²) in [5, 5.41) is 35.2. The van der Waals surface area contributed by atoms with E-state index in [1.807, 2.05) is 0 Å². The summed E-state index contributed by atoms with van der Waals surface area (Å²) in [6.45, 7) is 3.54. The van der Waals surface area contributed by atoms with E-state index in [1.54, 1.807) is 26.0 Å². The Labute approximate surface area is 221 Å². The molecule has 3 amide bonds. The Hall–Kier alpha value is -3.71. The summed E-state index contributed by atoms with van der Waals surface area (Å²) in [5.74, 6) is -5.09. The monoisotopic (exact) mass is 537 g/mol. The van der Waals surface area contributed by atoms with Gasteiger partial charge in [-0.05, 0) is 62.3 Å². The van der Waals surface area contributed by atoms with Crippen LogP contribution in [-0.4, -0.2) is 75.7 Å². The first-order chi connectivity index (χ1) is 17.8. The predicted octanol–water partition coefficient (Wildman–Crippen LogP) is -0.549. The van der Waals surface area contributed by atoms with Gasteiger partial charge in [-0.15, -0.1) is 0 Å². The molecule has 0 fully saturated rings. The fourth-order valence-electron chi connectivity index (χ4n) is 3.60. The van der Waals surface area contributed by atoms with E-state index < -0.39 is 66.2 Å². The van der Waals surface area contributed by atoms with Gasteiger partial charge < -0.3 is 42.7 Å². The average molecular weight is 538 g/mol. The van der Waals surface area contributed by atoms with Crippen LogP contribution in [0.25, 0.3) is 0 Å². The van der Waals surface area contributed by atoms with Crippen LogP contribution < -0.4 is 27.4 Å². The van der Waals surface area contributed by atoms with Crippen LogP contribution in [-0.2, 0) is 30.4 Å². The Kier molecular flexibility index (Phi) is 13.8. The van der Waals surface area contributed by atoms with E-state index in [4.69, 9.17) is 16.6 Å². The first kappa shape index (κ1) is 32.3. The zero-order chi connectivity index (χ0) is 28.8. The highest BCUT2D eigenvalue weighted by molar-refractivity contribution is 5.94. The van der Waals surface area contributed by atoms with Crippen molar-refractivity contribution in [2.24, 2.45) is 17.4 Å². The summed E-state index contributed by atoms with van der Waals surface area (Å²) in [6, 6.07) is 1.43. The lowest BCUT2D eigenvalue weighted by Crippen LogP contribution is -2.57. The van der Waals surface area contributed by atoms with Gasteiger partial charge in [0.25, 0.3) is 0 Å². The molecule has 13 heteroatoms. The number of unbranched alkanes of at least 4 members (excludes halogenated alkanes) is 1. The number of nitrogens with two attached hydrogens (primary N) is 2. The van der Waals surface area contributed by atoms with Gasteiger partial charge in [0, 0.05) is 6.42 Å². The standard InChI is InChI=1S/C25H39N5O8/c1-14(2)21(25(37)38)30-24(36)19(10-11-20(32)33)29-23(35)18(5-3-4-12-26)28-22(34)17(27)13-15-6-8-16(31)9-7-15/h6-9,14,17-19,21,31H,3-5,10-13,26-27H2,1-2H3,(H,28,34)(H,29,35)(H,30,36)(H,32,33)(H,37,38). The third kappa shape index (κ3) is 11.6. The van der Waals surface area contributed by atoms with Crippen molar-refractivity contribution in [2.75, 3.05) is 6.54 Å². The number of nitrogens with one attached hydrogen (secondary N) is 3. The van der Waals surface area contributed by atoms with Crippen LogP contribution in [0.2, 0.25) is 0 Å². The largest absolute Gasteiger partial charge is 0.508 e. The third-order valence-corrected chi connectivity index (χ3v) is 5.82. The molecule has 212 valence electrons. The Morgan fingerprint density at radius 1 is 0.842 bits per heavy atom. The van der Waals surface area contributed by atoms with E-state index in [0.29, 0.717) is 24.9 Å². The van der Waals surface area contributed by atoms with Crippen molar-refractivity contribution in [1.29, 1.82) is 0 Å². The molecule has 0 spiro atoms. The van der Waals surface area contributed by atoms with Crippen LogP contribution in [0.5, 0.6) is 5.75 Å². The van der Waals surface area contributed by atoms with Gasteiger partial charge >= 0.3 is 11.9 Å². The fraction of sp³-hybridized carbons (Fsp3) is 0.560. The van der Waals surface area contributed by atoms with E-state index >= 15 is 0 Å². The molecule has 0 radical (unpaired) electrons. The second-order valence-electron chi connectivity index (χ2n) is 9.38. The Bertz CT molecular complexity index is 954. The van der Waals surface area contributed by atoms with Gasteiger partial charge in [0.05, 0.1) is 6.04 Å². The van der Waals surface area contributed by atoms with Crippen molar-refractivity contribution in [3.05, 3.63) is 29.8 Å². The smallest absolute Gasteiger partial charge is 0.326 e. The molecule has 4 unspecified atom stereocenters. The van der Waals surface area contributed by atoms with Crippen LogP contribution in [0.15, 0.2) is 24.3 Å². The van der Waals surface area contributed by atoms with E-state index in [9.17, 15) is 34.2 Å². The number of amides is 3. The van der Waals surface area contributed by atoms with Crippen molar-refractivity contribution in [3.63, 3.8) is 0 Å². The maximum absolute atomic E-state index is 13.1. The maximum Gasteiger partial charge on any atom is 0.326 e. The summed E-state index contributed by atoms with van der Waals surface area (Å²) < 4.78 is 0. The molecule has 0 bridgehead atoms. The average Bonchev–Trinajstić information content (AvgIpc) is 2.84. The number of carboxylic acids is 2. The van der Waals surface area contributed by atoms with Crippen LogP contribution in [0.4, 0.5) is 0 Å². The van der Waals surface area contributed by atoms with Crippen LogP contribution in [0, 0.1) is 5.92 Å². The molecule has 0 aliphatic carbocycles. The number of benzene rings is 1. The summed E-state index contributed by atoms with van der Waals surface area (Å²) in [6.07, 6.45) is 0.608. The normalized spacial score (nSPS) is 14.1. The summed E-state index contributed by atoms with van der Waals surface area (Å²) >= 11 is 0. The Morgan fingerprint density at radius 3 is 1.92 bits per heavy atom. The number of carbonyl (C=O) groups excluding carboxylic acids is 3. The molecule has 0 saturated carbocycles. The van der Waals surface area contributed by atoms with Crippen molar-refractivity contribution in [1.82, 2.24) is 16.0 Å².